The lowest BCUT2D eigenvalue weighted by atomic mass is 10.1. The zero-order valence-corrected chi connectivity index (χ0v) is 8.50. The topological polar surface area (TPSA) is 51.0 Å². The summed E-state index contributed by atoms with van der Waals surface area (Å²) in [6, 6.07) is 0. The molecule has 0 bridgehead atoms. The molecule has 0 spiro atoms. The van der Waals surface area contributed by atoms with Crippen molar-refractivity contribution in [2.75, 3.05) is 6.54 Å². The van der Waals surface area contributed by atoms with E-state index in [-0.39, 0.29) is 0 Å². The van der Waals surface area contributed by atoms with E-state index in [2.05, 4.69) is 34.1 Å². The van der Waals surface area contributed by atoms with E-state index in [1.165, 1.54) is 6.42 Å². The van der Waals surface area contributed by atoms with Crippen LogP contribution < -0.4 is 5.32 Å². The van der Waals surface area contributed by atoms with Crippen molar-refractivity contribution in [3.63, 3.8) is 0 Å². The number of rotatable bonds is 5. The number of nitrogens with zero attached hydrogens (tertiary/aromatic N) is 2. The molecule has 1 atom stereocenters. The summed E-state index contributed by atoms with van der Waals surface area (Å²) in [4.78, 5) is 0. The Morgan fingerprint density at radius 1 is 1.46 bits per heavy atom. The summed E-state index contributed by atoms with van der Waals surface area (Å²) in [5.41, 5.74) is 1.78. The third-order valence-corrected chi connectivity index (χ3v) is 2.23. The quantitative estimate of drug-likeness (QED) is 0.751. The fourth-order valence-electron chi connectivity index (χ4n) is 0.991. The van der Waals surface area contributed by atoms with Crippen molar-refractivity contribution in [3.05, 3.63) is 11.4 Å². The van der Waals surface area contributed by atoms with Gasteiger partial charge in [-0.25, -0.2) is 4.63 Å². The Balaban J connectivity index is 2.24. The Hall–Kier alpha value is -0.900. The second-order valence-electron chi connectivity index (χ2n) is 3.44. The van der Waals surface area contributed by atoms with Crippen LogP contribution in [0.2, 0.25) is 0 Å². The van der Waals surface area contributed by atoms with E-state index in [0.717, 1.165) is 24.5 Å². The molecular formula is C9H17N3O. The molecule has 1 heterocycles. The first kappa shape index (κ1) is 10.2. The summed E-state index contributed by atoms with van der Waals surface area (Å²) < 4.78 is 4.59. The van der Waals surface area contributed by atoms with Crippen LogP contribution in [-0.2, 0) is 6.54 Å². The Labute approximate surface area is 78.7 Å². The van der Waals surface area contributed by atoms with Crippen molar-refractivity contribution in [2.45, 2.75) is 33.7 Å². The summed E-state index contributed by atoms with van der Waals surface area (Å²) in [7, 11) is 0. The predicted molar refractivity (Wildman–Crippen MR) is 50.2 cm³/mol. The Bertz CT molecular complexity index is 247. The molecule has 1 N–H and O–H groups in total. The Kier molecular flexibility index (Phi) is 3.89. The lowest BCUT2D eigenvalue weighted by Crippen LogP contribution is -2.20. The monoisotopic (exact) mass is 183 g/mol. The summed E-state index contributed by atoms with van der Waals surface area (Å²) in [5.74, 6) is 0.708. The molecule has 0 radical (unpaired) electrons. The summed E-state index contributed by atoms with van der Waals surface area (Å²) in [6.07, 6.45) is 1.20. The van der Waals surface area contributed by atoms with E-state index in [9.17, 15) is 0 Å². The SMILES string of the molecule is CCC(C)CNCc1nonc1C. The first-order chi connectivity index (χ1) is 6.24. The first-order valence-electron chi connectivity index (χ1n) is 4.72. The van der Waals surface area contributed by atoms with Crippen molar-refractivity contribution in [3.8, 4) is 0 Å². The van der Waals surface area contributed by atoms with Gasteiger partial charge in [0.05, 0.1) is 0 Å². The lowest BCUT2D eigenvalue weighted by molar-refractivity contribution is 0.300. The fourth-order valence-corrected chi connectivity index (χ4v) is 0.991. The Morgan fingerprint density at radius 2 is 2.23 bits per heavy atom. The van der Waals surface area contributed by atoms with E-state index in [1.54, 1.807) is 0 Å². The number of hydrogen-bond donors (Lipinski definition) is 1. The maximum absolute atomic E-state index is 4.59. The third kappa shape index (κ3) is 3.14. The molecule has 0 aliphatic heterocycles. The van der Waals surface area contributed by atoms with E-state index in [4.69, 9.17) is 0 Å². The maximum Gasteiger partial charge on any atom is 0.121 e. The number of nitrogens with one attached hydrogen (secondary N) is 1. The molecule has 74 valence electrons. The normalized spacial score (nSPS) is 13.2. The van der Waals surface area contributed by atoms with Gasteiger partial charge in [0.1, 0.15) is 11.4 Å². The van der Waals surface area contributed by atoms with Gasteiger partial charge in [-0.15, -0.1) is 0 Å². The molecule has 0 aromatic carbocycles. The van der Waals surface area contributed by atoms with Gasteiger partial charge in [0.25, 0.3) is 0 Å². The molecule has 0 saturated heterocycles. The highest BCUT2D eigenvalue weighted by atomic mass is 16.6. The van der Waals surface area contributed by atoms with E-state index in [1.807, 2.05) is 6.92 Å². The van der Waals surface area contributed by atoms with Crippen LogP contribution in [0.15, 0.2) is 4.63 Å². The minimum Gasteiger partial charge on any atom is -0.311 e. The molecule has 0 saturated carbocycles. The smallest absolute Gasteiger partial charge is 0.121 e. The average Bonchev–Trinajstić information content (AvgIpc) is 2.52. The molecule has 13 heavy (non-hydrogen) atoms. The molecule has 4 heteroatoms. The van der Waals surface area contributed by atoms with E-state index in [0.29, 0.717) is 5.92 Å². The molecule has 4 nitrogen and oxygen atoms in total. The minimum absolute atomic E-state index is 0.708. The molecule has 0 aliphatic rings. The number of hydrogen-bond acceptors (Lipinski definition) is 4. The standard InChI is InChI=1S/C9H17N3O/c1-4-7(2)5-10-6-9-8(3)11-13-12-9/h7,10H,4-6H2,1-3H3. The van der Waals surface area contributed by atoms with Crippen molar-refractivity contribution >= 4 is 0 Å². The minimum atomic E-state index is 0.708. The van der Waals surface area contributed by atoms with Crippen molar-refractivity contribution < 1.29 is 4.63 Å². The van der Waals surface area contributed by atoms with E-state index < -0.39 is 0 Å². The summed E-state index contributed by atoms with van der Waals surface area (Å²) in [6.45, 7) is 8.08. The van der Waals surface area contributed by atoms with Crippen molar-refractivity contribution in [1.82, 2.24) is 15.6 Å². The van der Waals surface area contributed by atoms with Gasteiger partial charge in [-0.05, 0) is 19.4 Å². The highest BCUT2D eigenvalue weighted by molar-refractivity contribution is 5.03. The second kappa shape index (κ2) is 4.97. The third-order valence-electron chi connectivity index (χ3n) is 2.23. The van der Waals surface area contributed by atoms with Crippen LogP contribution in [0.25, 0.3) is 0 Å². The molecule has 0 amide bonds. The van der Waals surface area contributed by atoms with Gasteiger partial charge in [-0.3, -0.25) is 0 Å². The van der Waals surface area contributed by atoms with Crippen LogP contribution in [0.5, 0.6) is 0 Å². The van der Waals surface area contributed by atoms with Gasteiger partial charge in [0.15, 0.2) is 0 Å². The maximum atomic E-state index is 4.59. The molecule has 1 aromatic heterocycles. The molecule has 1 aromatic rings. The molecule has 1 unspecified atom stereocenters. The van der Waals surface area contributed by atoms with Crippen molar-refractivity contribution in [1.29, 1.82) is 0 Å². The Morgan fingerprint density at radius 3 is 2.77 bits per heavy atom. The summed E-state index contributed by atoms with van der Waals surface area (Å²) >= 11 is 0. The van der Waals surface area contributed by atoms with Gasteiger partial charge < -0.3 is 5.32 Å². The van der Waals surface area contributed by atoms with Crippen LogP contribution >= 0.6 is 0 Å². The van der Waals surface area contributed by atoms with Gasteiger partial charge >= 0.3 is 0 Å². The van der Waals surface area contributed by atoms with Crippen LogP contribution in [0.1, 0.15) is 31.7 Å². The van der Waals surface area contributed by atoms with Gasteiger partial charge in [0.2, 0.25) is 0 Å². The number of aromatic nitrogens is 2. The zero-order chi connectivity index (χ0) is 9.68. The van der Waals surface area contributed by atoms with Crippen LogP contribution in [0.3, 0.4) is 0 Å². The largest absolute Gasteiger partial charge is 0.311 e. The highest BCUT2D eigenvalue weighted by Crippen LogP contribution is 2.01. The van der Waals surface area contributed by atoms with Crippen LogP contribution in [0.4, 0.5) is 0 Å². The van der Waals surface area contributed by atoms with Crippen LogP contribution in [0, 0.1) is 12.8 Å². The predicted octanol–water partition coefficient (Wildman–Crippen LogP) is 1.51. The zero-order valence-electron chi connectivity index (χ0n) is 8.50. The van der Waals surface area contributed by atoms with Crippen LogP contribution in [-0.4, -0.2) is 16.9 Å². The van der Waals surface area contributed by atoms with Gasteiger partial charge in [0, 0.05) is 6.54 Å². The molecule has 0 fully saturated rings. The highest BCUT2D eigenvalue weighted by Gasteiger charge is 2.04. The molecular weight excluding hydrogens is 166 g/mol. The van der Waals surface area contributed by atoms with Gasteiger partial charge in [-0.1, -0.05) is 30.6 Å². The molecule has 0 aliphatic carbocycles. The second-order valence-corrected chi connectivity index (χ2v) is 3.44. The fraction of sp³-hybridized carbons (Fsp3) is 0.778. The van der Waals surface area contributed by atoms with Crippen molar-refractivity contribution in [2.24, 2.45) is 5.92 Å². The average molecular weight is 183 g/mol. The van der Waals surface area contributed by atoms with E-state index >= 15 is 0 Å². The first-order valence-corrected chi connectivity index (χ1v) is 4.72. The molecule has 1 rings (SSSR count). The summed E-state index contributed by atoms with van der Waals surface area (Å²) in [5, 5.41) is 10.8. The number of aryl methyl sites for hydroxylation is 1. The lowest BCUT2D eigenvalue weighted by Gasteiger charge is -2.08. The van der Waals surface area contributed by atoms with Gasteiger partial charge in [-0.2, -0.15) is 0 Å².